The Morgan fingerprint density at radius 2 is 0.725 bits per heavy atom. The van der Waals surface area contributed by atoms with E-state index in [1.165, 1.54) is 197 Å². The van der Waals surface area contributed by atoms with Crippen molar-refractivity contribution in [2.45, 2.75) is 398 Å². The first-order chi connectivity index (χ1) is 72.3. The van der Waals surface area contributed by atoms with Crippen molar-refractivity contribution in [3.05, 3.63) is 113 Å². The second-order valence-corrected chi connectivity index (χ2v) is 36.5. The molecule has 11 atom stereocenters. The fraction of sp³-hybridized carbons (Fsp3) is 0.807. The molecule has 0 radical (unpaired) electrons. The van der Waals surface area contributed by atoms with Gasteiger partial charge < -0.3 is 124 Å². The summed E-state index contributed by atoms with van der Waals surface area (Å²) in [6.07, 6.45) is 36.2. The highest BCUT2D eigenvalue weighted by Crippen LogP contribution is 2.31. The number of fused-ring (bicyclic) bond motifs is 1. The minimum Gasteiger partial charge on any atom is -0.497 e. The number of aliphatic hydroxyl groups is 1. The molecule has 4 aromatic rings. The van der Waals surface area contributed by atoms with Crippen LogP contribution < -0.4 is 4.74 Å². The molecule has 1 N–H and O–H groups in total. The normalized spacial score (nSPS) is 13.2. The Morgan fingerprint density at radius 1 is 0.322 bits per heavy atom. The highest BCUT2D eigenvalue weighted by Gasteiger charge is 2.39. The van der Waals surface area contributed by atoms with Gasteiger partial charge in [0.25, 0.3) is 0 Å². The van der Waals surface area contributed by atoms with E-state index in [0.29, 0.717) is 92.9 Å². The van der Waals surface area contributed by atoms with Crippen LogP contribution in [0.25, 0.3) is 10.8 Å². The van der Waals surface area contributed by atoms with Crippen LogP contribution in [0.5, 0.6) is 5.75 Å². The molecule has 0 aliphatic rings. The standard InChI is InChI=1S/C17H28O2.C16H20O2.C15H24O3.C15H32O2.C12H23NO4.C10H22O2.C9H17F3O2.C9H20O4.C9H20O2.C7H16O3/c1-3-4-5-6-7-8-12-15-19-17(18-2)16-13-10-9-11-14-16;1-4-13-5-7-16-10-14(6-8-15(16)9-13)11-18-12(2)17-3;1-4-5-6-7-11-18-15(17-3)13-9-8-10-14(12-13)16-2;1-3-4-5-6-7-8-9-10-11-12-13-14-17-15-16-2;1-4-5-10(6-7-13)9-17-12(16-3)8-11(14)15-2;1-5-6-9(2)7-8-12-10(3)11-4;1-4-5-8(9(10,11)12)6-14-7(2)13-3;1-3-4-11-5-6-12-7-8-13-9-10-2;1-4-5-9(2)6-7-11-8-10-3;1-3-4-9-5-6-10-7-8-2/h9-11,13-14,17H,3-8,12,15H2,1-2H3;5-10,12H,4,11H2,1-3H3;8-10,12,15H,4-7,11H2,1-3H3;3-15H2,1-2H3;10-12,14H,4-6,8-9H2,1-3H3;9-10H,5-8H2,1-4H3;7-8H,4-6H2,1-3H3;3-9H2,1-2H3;9H,4-8H2,1-3H3;3-7H2,1-2H3. The van der Waals surface area contributed by atoms with Crippen LogP contribution in [-0.2, 0) is 127 Å². The van der Waals surface area contributed by atoms with Gasteiger partial charge >= 0.3 is 6.18 Å². The van der Waals surface area contributed by atoms with Crippen LogP contribution in [-0.4, -0.2) is 254 Å². The first-order valence-corrected chi connectivity index (χ1v) is 56.0. The molecule has 0 saturated heterocycles. The van der Waals surface area contributed by atoms with Crippen LogP contribution >= 0.6 is 0 Å². The first-order valence-electron chi connectivity index (χ1n) is 56.0. The van der Waals surface area contributed by atoms with E-state index in [-0.39, 0.29) is 50.5 Å². The molecule has 880 valence electrons. The number of hydrogen-bond acceptors (Lipinski definition) is 27. The van der Waals surface area contributed by atoms with Crippen molar-refractivity contribution in [3.8, 4) is 11.8 Å². The smallest absolute Gasteiger partial charge is 0.394 e. The van der Waals surface area contributed by atoms with E-state index in [0.717, 1.165) is 133 Å². The zero-order valence-electron chi connectivity index (χ0n) is 99.1. The fourth-order valence-corrected chi connectivity index (χ4v) is 13.9. The molecule has 0 saturated carbocycles. The maximum absolute atomic E-state index is 12.3. The minimum absolute atomic E-state index is 0.0566. The Hall–Kier alpha value is -4.78. The van der Waals surface area contributed by atoms with Crippen LogP contribution in [0.2, 0.25) is 0 Å². The Balaban J connectivity index is -0.000000384. The molecule has 30 heteroatoms. The molecule has 0 aliphatic carbocycles. The van der Waals surface area contributed by atoms with E-state index < -0.39 is 31.0 Å². The Kier molecular flexibility index (Phi) is 128. The molecule has 149 heavy (non-hydrogen) atoms. The molecule has 0 amide bonds. The lowest BCUT2D eigenvalue weighted by Crippen LogP contribution is -2.29. The monoisotopic (exact) mass is 2140 g/mol. The number of benzene rings is 4. The van der Waals surface area contributed by atoms with Gasteiger partial charge in [-0.2, -0.15) is 18.4 Å². The molecule has 0 spiro atoms. The molecule has 4 aromatic carbocycles. The van der Waals surface area contributed by atoms with Crippen molar-refractivity contribution in [1.29, 1.82) is 5.26 Å². The summed E-state index contributed by atoms with van der Waals surface area (Å²) in [5, 5.41) is 20.5. The van der Waals surface area contributed by atoms with Gasteiger partial charge in [-0.25, -0.2) is 0 Å². The lowest BCUT2D eigenvalue weighted by Gasteiger charge is -2.21. The summed E-state index contributed by atoms with van der Waals surface area (Å²) in [6, 6.07) is 33.1. The van der Waals surface area contributed by atoms with Crippen molar-refractivity contribution in [2.75, 3.05) is 212 Å². The van der Waals surface area contributed by atoms with E-state index in [1.54, 1.807) is 77.8 Å². The van der Waals surface area contributed by atoms with Crippen molar-refractivity contribution in [2.24, 2.45) is 23.7 Å². The SMILES string of the molecule is CCCC(C)CCOC(C)OC.CCCC(C)CCOCOC.CCCC(CC#N)COC(CC(O)OC)OC.CCCC(COC(C)OC)C(F)(F)F.CCCCCCCCCCCCCOCOC.CCCCCCCCCOC(OC)c1ccccc1.CCCCCCOC(OC)c1cccc(OC)c1.CCCOCCOCCOCOC.CCCOCCOCOC.CCc1ccc2cc(COC(C)OC)ccc2c1. The molecule has 0 aromatic heterocycles. The summed E-state index contributed by atoms with van der Waals surface area (Å²) in [5.74, 6) is 1.23. The van der Waals surface area contributed by atoms with Crippen LogP contribution in [0.3, 0.4) is 0 Å². The van der Waals surface area contributed by atoms with E-state index in [9.17, 15) is 18.3 Å². The maximum Gasteiger partial charge on any atom is 0.394 e. The molecule has 27 nitrogen and oxygen atoms in total. The number of hydrogen-bond donors (Lipinski definition) is 1. The first kappa shape index (κ1) is 155. The van der Waals surface area contributed by atoms with Crippen molar-refractivity contribution in [3.63, 3.8) is 0 Å². The lowest BCUT2D eigenvalue weighted by molar-refractivity contribution is -0.209. The Morgan fingerprint density at radius 3 is 1.15 bits per heavy atom. The van der Waals surface area contributed by atoms with Gasteiger partial charge in [0.1, 0.15) is 32.9 Å². The van der Waals surface area contributed by atoms with E-state index in [1.807, 2.05) is 68.4 Å². The lowest BCUT2D eigenvalue weighted by atomic mass is 10.0. The predicted molar refractivity (Wildman–Crippen MR) is 598 cm³/mol. The Labute approximate surface area is 906 Å². The summed E-state index contributed by atoms with van der Waals surface area (Å²) in [6.45, 7) is 42.9. The highest BCUT2D eigenvalue weighted by atomic mass is 19.4. The predicted octanol–water partition coefficient (Wildman–Crippen LogP) is 29.8. The third kappa shape index (κ3) is 110. The van der Waals surface area contributed by atoms with E-state index in [4.69, 9.17) is 119 Å². The van der Waals surface area contributed by atoms with Gasteiger partial charge in [-0.3, -0.25) is 0 Å². The van der Waals surface area contributed by atoms with Gasteiger partial charge in [0.15, 0.2) is 44.0 Å². The largest absolute Gasteiger partial charge is 0.497 e. The molecular weight excluding hydrogens is 1920 g/mol. The molecule has 11 unspecified atom stereocenters. The molecular formula is C119H222F3NO26. The van der Waals surface area contributed by atoms with Crippen molar-refractivity contribution >= 4 is 10.8 Å². The van der Waals surface area contributed by atoms with Gasteiger partial charge in [0.2, 0.25) is 0 Å². The number of methoxy groups -OCH3 is 12. The number of ether oxygens (including phenoxy) is 25. The quantitative estimate of drug-likeness (QED) is 0.0318. The summed E-state index contributed by atoms with van der Waals surface area (Å²) in [5.41, 5.74) is 4.63. The Bertz CT molecular complexity index is 3220. The van der Waals surface area contributed by atoms with Gasteiger partial charge in [-0.05, 0) is 143 Å². The topological polar surface area (TPSA) is 275 Å². The van der Waals surface area contributed by atoms with Gasteiger partial charge in [0.05, 0.1) is 91.8 Å². The summed E-state index contributed by atoms with van der Waals surface area (Å²) in [7, 11) is 19.2. The number of alkyl halides is 3. The maximum atomic E-state index is 12.3. The number of aryl methyl sites for hydroxylation is 1. The number of nitriles is 1. The zero-order chi connectivity index (χ0) is 112. The molecule has 4 rings (SSSR count). The average molecular weight is 2140 g/mol. The van der Waals surface area contributed by atoms with E-state index >= 15 is 0 Å². The van der Waals surface area contributed by atoms with Crippen LogP contribution in [0.15, 0.2) is 91.0 Å². The molecule has 0 aliphatic heterocycles. The molecule has 0 bridgehead atoms. The second kappa shape index (κ2) is 123. The summed E-state index contributed by atoms with van der Waals surface area (Å²) < 4.78 is 165. The van der Waals surface area contributed by atoms with Crippen LogP contribution in [0, 0.1) is 35.0 Å². The van der Waals surface area contributed by atoms with Crippen molar-refractivity contribution < 1.29 is 137 Å². The van der Waals surface area contributed by atoms with E-state index in [2.05, 4.69) is 123 Å². The van der Waals surface area contributed by atoms with Crippen LogP contribution in [0.4, 0.5) is 13.2 Å². The average Bonchev–Trinajstić information content (AvgIpc) is 0.827. The third-order valence-corrected chi connectivity index (χ3v) is 23.0. The second-order valence-electron chi connectivity index (χ2n) is 36.5. The van der Waals surface area contributed by atoms with Crippen LogP contribution in [0.1, 0.15) is 370 Å². The van der Waals surface area contributed by atoms with Gasteiger partial charge in [-0.1, -0.05) is 316 Å². The molecule has 0 heterocycles. The third-order valence-electron chi connectivity index (χ3n) is 23.0. The zero-order valence-corrected chi connectivity index (χ0v) is 99.1. The highest BCUT2D eigenvalue weighted by molar-refractivity contribution is 5.83. The van der Waals surface area contributed by atoms with Gasteiger partial charge in [-0.15, -0.1) is 0 Å². The number of halogens is 3. The number of rotatable bonds is 86. The number of unbranched alkanes of at least 4 members (excludes halogenated alkanes) is 19. The molecule has 0 fully saturated rings. The van der Waals surface area contributed by atoms with Gasteiger partial charge in [0, 0.05) is 135 Å². The summed E-state index contributed by atoms with van der Waals surface area (Å²) in [4.78, 5) is 0. The number of aliphatic hydroxyl groups excluding tert-OH is 1. The van der Waals surface area contributed by atoms with Crippen molar-refractivity contribution in [1.82, 2.24) is 0 Å². The minimum atomic E-state index is -4.18. The fourth-order valence-electron chi connectivity index (χ4n) is 13.9. The summed E-state index contributed by atoms with van der Waals surface area (Å²) >= 11 is 0. The number of nitrogens with zero attached hydrogens (tertiary/aromatic N) is 1.